The second-order valence-electron chi connectivity index (χ2n) is 6.41. The van der Waals surface area contributed by atoms with E-state index in [-0.39, 0.29) is 24.5 Å². The maximum absolute atomic E-state index is 12.6. The van der Waals surface area contributed by atoms with Gasteiger partial charge in [0.25, 0.3) is 0 Å². The van der Waals surface area contributed by atoms with Gasteiger partial charge < -0.3 is 20.7 Å². The molecule has 0 fully saturated rings. The summed E-state index contributed by atoms with van der Waals surface area (Å²) in [5, 5.41) is 9.01. The highest BCUT2D eigenvalue weighted by Gasteiger charge is 2.24. The van der Waals surface area contributed by atoms with Crippen LogP contribution in [0.2, 0.25) is 0 Å². The van der Waals surface area contributed by atoms with Crippen LogP contribution < -0.4 is 16.0 Å². The lowest BCUT2D eigenvalue weighted by molar-refractivity contribution is -0.120. The Morgan fingerprint density at radius 2 is 1.92 bits per heavy atom. The first-order valence-corrected chi connectivity index (χ1v) is 8.57. The van der Waals surface area contributed by atoms with Crippen LogP contribution in [0.1, 0.15) is 16.7 Å². The summed E-state index contributed by atoms with van der Waals surface area (Å²) in [6.45, 7) is 2.58. The van der Waals surface area contributed by atoms with Crippen LogP contribution in [0, 0.1) is 6.92 Å². The van der Waals surface area contributed by atoms with Crippen molar-refractivity contribution in [2.75, 3.05) is 24.4 Å². The molecule has 2 aromatic carbocycles. The number of anilines is 2. The number of methoxy groups -OCH3 is 1. The van der Waals surface area contributed by atoms with Gasteiger partial charge in [0.15, 0.2) is 0 Å². The van der Waals surface area contributed by atoms with Crippen molar-refractivity contribution in [3.63, 3.8) is 0 Å². The molecule has 6 nitrogen and oxygen atoms in total. The highest BCUT2D eigenvalue weighted by Crippen LogP contribution is 2.21. The predicted molar refractivity (Wildman–Crippen MR) is 101 cm³/mol. The molecule has 6 heteroatoms. The van der Waals surface area contributed by atoms with Crippen molar-refractivity contribution in [3.05, 3.63) is 59.2 Å². The Balaban J connectivity index is 1.63. The zero-order chi connectivity index (χ0) is 18.5. The number of hydrogen-bond donors (Lipinski definition) is 3. The number of rotatable bonds is 5. The van der Waals surface area contributed by atoms with E-state index >= 15 is 0 Å². The Hall–Kier alpha value is -2.70. The van der Waals surface area contributed by atoms with Crippen LogP contribution in [0.4, 0.5) is 11.4 Å². The molecule has 3 rings (SSSR count). The number of benzene rings is 2. The molecule has 2 aromatic rings. The lowest BCUT2D eigenvalue weighted by Crippen LogP contribution is -2.44. The highest BCUT2D eigenvalue weighted by molar-refractivity contribution is 5.96. The summed E-state index contributed by atoms with van der Waals surface area (Å²) < 4.78 is 4.81. The summed E-state index contributed by atoms with van der Waals surface area (Å²) in [5.74, 6) is -0.271. The average molecular weight is 353 g/mol. The SMILES string of the molecule is COCC(=O)Nc1ccc(NC(=O)[C@H]2Cc3ccccc3CN2)cc1C. The first kappa shape index (κ1) is 18.1. The van der Waals surface area contributed by atoms with E-state index in [4.69, 9.17) is 4.74 Å². The number of ether oxygens (including phenoxy) is 1. The van der Waals surface area contributed by atoms with Crippen LogP contribution in [0.3, 0.4) is 0 Å². The number of hydrogen-bond acceptors (Lipinski definition) is 4. The molecule has 3 N–H and O–H groups in total. The molecule has 0 spiro atoms. The molecule has 0 aliphatic carbocycles. The predicted octanol–water partition coefficient (Wildman–Crippen LogP) is 2.23. The van der Waals surface area contributed by atoms with Crippen molar-refractivity contribution in [3.8, 4) is 0 Å². The third-order valence-corrected chi connectivity index (χ3v) is 4.44. The molecule has 0 unspecified atom stereocenters. The maximum Gasteiger partial charge on any atom is 0.250 e. The lowest BCUT2D eigenvalue weighted by atomic mass is 9.95. The van der Waals surface area contributed by atoms with Gasteiger partial charge in [0.2, 0.25) is 11.8 Å². The van der Waals surface area contributed by atoms with Crippen LogP contribution >= 0.6 is 0 Å². The van der Waals surface area contributed by atoms with Gasteiger partial charge in [-0.1, -0.05) is 24.3 Å². The number of amides is 2. The van der Waals surface area contributed by atoms with Gasteiger partial charge in [-0.05, 0) is 48.2 Å². The number of carbonyl (C=O) groups excluding carboxylic acids is 2. The maximum atomic E-state index is 12.6. The Bertz CT molecular complexity index is 820. The molecule has 0 saturated heterocycles. The summed E-state index contributed by atoms with van der Waals surface area (Å²) in [5.41, 5.74) is 4.73. The highest BCUT2D eigenvalue weighted by atomic mass is 16.5. The number of nitrogens with one attached hydrogen (secondary N) is 3. The van der Waals surface area contributed by atoms with Gasteiger partial charge in [0.05, 0.1) is 6.04 Å². The molecule has 1 aliphatic heterocycles. The van der Waals surface area contributed by atoms with Crippen molar-refractivity contribution in [2.24, 2.45) is 0 Å². The Kier molecular flexibility index (Phi) is 5.65. The zero-order valence-electron chi connectivity index (χ0n) is 15.0. The molecule has 0 radical (unpaired) electrons. The second kappa shape index (κ2) is 8.12. The van der Waals surface area contributed by atoms with Gasteiger partial charge in [-0.15, -0.1) is 0 Å². The quantitative estimate of drug-likeness (QED) is 0.770. The fraction of sp³-hybridized carbons (Fsp3) is 0.300. The van der Waals surface area contributed by atoms with Crippen molar-refractivity contribution in [1.82, 2.24) is 5.32 Å². The van der Waals surface area contributed by atoms with Gasteiger partial charge in [0, 0.05) is 25.0 Å². The van der Waals surface area contributed by atoms with Crippen molar-refractivity contribution >= 4 is 23.2 Å². The van der Waals surface area contributed by atoms with Crippen LogP contribution in [0.25, 0.3) is 0 Å². The van der Waals surface area contributed by atoms with E-state index in [0.717, 1.165) is 5.56 Å². The Morgan fingerprint density at radius 1 is 1.15 bits per heavy atom. The van der Waals surface area contributed by atoms with E-state index in [1.807, 2.05) is 25.1 Å². The Morgan fingerprint density at radius 3 is 2.65 bits per heavy atom. The van der Waals surface area contributed by atoms with E-state index in [1.165, 1.54) is 18.2 Å². The molecule has 0 bridgehead atoms. The zero-order valence-corrected chi connectivity index (χ0v) is 15.0. The van der Waals surface area contributed by atoms with Gasteiger partial charge in [0.1, 0.15) is 6.61 Å². The number of aryl methyl sites for hydroxylation is 1. The number of fused-ring (bicyclic) bond motifs is 1. The third kappa shape index (κ3) is 4.28. The topological polar surface area (TPSA) is 79.5 Å². The Labute approximate surface area is 152 Å². The molecule has 0 aromatic heterocycles. The smallest absolute Gasteiger partial charge is 0.250 e. The van der Waals surface area contributed by atoms with E-state index in [1.54, 1.807) is 12.1 Å². The second-order valence-corrected chi connectivity index (χ2v) is 6.41. The summed E-state index contributed by atoms with van der Waals surface area (Å²) in [6.07, 6.45) is 0.673. The van der Waals surface area contributed by atoms with Crippen molar-refractivity contribution < 1.29 is 14.3 Å². The average Bonchev–Trinajstić information content (AvgIpc) is 2.64. The van der Waals surface area contributed by atoms with Gasteiger partial charge >= 0.3 is 0 Å². The van der Waals surface area contributed by atoms with Gasteiger partial charge in [-0.3, -0.25) is 9.59 Å². The van der Waals surface area contributed by atoms with Crippen molar-refractivity contribution in [1.29, 1.82) is 0 Å². The summed E-state index contributed by atoms with van der Waals surface area (Å²) in [4.78, 5) is 24.2. The van der Waals surface area contributed by atoms with Gasteiger partial charge in [-0.25, -0.2) is 0 Å². The molecule has 136 valence electrons. The minimum atomic E-state index is -0.258. The molecule has 2 amide bonds. The summed E-state index contributed by atoms with van der Waals surface area (Å²) >= 11 is 0. The molecular formula is C20H23N3O3. The molecule has 1 heterocycles. The summed E-state index contributed by atoms with van der Waals surface area (Å²) in [6, 6.07) is 13.3. The van der Waals surface area contributed by atoms with Gasteiger partial charge in [-0.2, -0.15) is 0 Å². The minimum Gasteiger partial charge on any atom is -0.375 e. The molecule has 0 saturated carbocycles. The first-order chi connectivity index (χ1) is 12.6. The van der Waals surface area contributed by atoms with Crippen LogP contribution in [0.15, 0.2) is 42.5 Å². The third-order valence-electron chi connectivity index (χ3n) is 4.44. The van der Waals surface area contributed by atoms with Crippen LogP contribution in [-0.4, -0.2) is 31.6 Å². The lowest BCUT2D eigenvalue weighted by Gasteiger charge is -2.25. The fourth-order valence-corrected chi connectivity index (χ4v) is 3.07. The molecule has 26 heavy (non-hydrogen) atoms. The van der Waals surface area contributed by atoms with E-state index < -0.39 is 0 Å². The number of carbonyl (C=O) groups is 2. The first-order valence-electron chi connectivity index (χ1n) is 8.57. The summed E-state index contributed by atoms with van der Waals surface area (Å²) in [7, 11) is 1.47. The van der Waals surface area contributed by atoms with E-state index in [9.17, 15) is 9.59 Å². The fourth-order valence-electron chi connectivity index (χ4n) is 3.07. The molecule has 1 atom stereocenters. The monoisotopic (exact) mass is 353 g/mol. The molecule has 1 aliphatic rings. The molecular weight excluding hydrogens is 330 g/mol. The van der Waals surface area contributed by atoms with Crippen LogP contribution in [0.5, 0.6) is 0 Å². The standard InChI is InChI=1S/C20H23N3O3/c1-13-9-16(7-8-17(13)23-19(24)12-26-2)22-20(25)18-10-14-5-3-4-6-15(14)11-21-18/h3-9,18,21H,10-12H2,1-2H3,(H,22,25)(H,23,24)/t18-/m1/s1. The van der Waals surface area contributed by atoms with Crippen molar-refractivity contribution in [2.45, 2.75) is 25.9 Å². The normalized spacial score (nSPS) is 15.8. The minimum absolute atomic E-state index is 0.00670. The largest absolute Gasteiger partial charge is 0.375 e. The van der Waals surface area contributed by atoms with Crippen LogP contribution in [-0.2, 0) is 27.3 Å². The van der Waals surface area contributed by atoms with E-state index in [0.29, 0.717) is 24.3 Å². The van der Waals surface area contributed by atoms with E-state index in [2.05, 4.69) is 28.1 Å².